The second kappa shape index (κ2) is 5.88. The van der Waals surface area contributed by atoms with E-state index in [0.717, 1.165) is 0 Å². The van der Waals surface area contributed by atoms with E-state index in [1.54, 1.807) is 25.1 Å². The van der Waals surface area contributed by atoms with Gasteiger partial charge in [-0.25, -0.2) is 4.39 Å². The average molecular weight is 295 g/mol. The Bertz CT molecular complexity index is 662. The largest absolute Gasteiger partial charge is 0.375 e. The van der Waals surface area contributed by atoms with Crippen molar-refractivity contribution in [2.45, 2.75) is 13.5 Å². The number of aryl methyl sites for hydroxylation is 1. The lowest BCUT2D eigenvalue weighted by atomic mass is 10.1. The van der Waals surface area contributed by atoms with E-state index in [1.165, 1.54) is 18.2 Å². The van der Waals surface area contributed by atoms with Crippen molar-refractivity contribution in [2.24, 2.45) is 0 Å². The lowest BCUT2D eigenvalue weighted by molar-refractivity contribution is -0.384. The Kier molecular flexibility index (Phi) is 4.20. The van der Waals surface area contributed by atoms with Crippen LogP contribution >= 0.6 is 11.6 Å². The molecule has 0 aliphatic rings. The number of hydrogen-bond acceptors (Lipinski definition) is 3. The fourth-order valence-electron chi connectivity index (χ4n) is 1.79. The number of hydrogen-bond donors (Lipinski definition) is 1. The Morgan fingerprint density at radius 2 is 2.05 bits per heavy atom. The Labute approximate surface area is 120 Å². The van der Waals surface area contributed by atoms with E-state index >= 15 is 0 Å². The highest BCUT2D eigenvalue weighted by atomic mass is 35.5. The van der Waals surface area contributed by atoms with Gasteiger partial charge in [0.2, 0.25) is 0 Å². The van der Waals surface area contributed by atoms with Crippen LogP contribution < -0.4 is 5.32 Å². The van der Waals surface area contributed by atoms with Crippen molar-refractivity contribution >= 4 is 23.0 Å². The third kappa shape index (κ3) is 3.05. The maximum Gasteiger partial charge on any atom is 0.292 e. The molecule has 20 heavy (non-hydrogen) atoms. The van der Waals surface area contributed by atoms with E-state index in [4.69, 9.17) is 11.6 Å². The van der Waals surface area contributed by atoms with Crippen molar-refractivity contribution < 1.29 is 9.31 Å². The van der Waals surface area contributed by atoms with Gasteiger partial charge in [0.25, 0.3) is 5.69 Å². The molecule has 2 aromatic carbocycles. The fourth-order valence-corrected chi connectivity index (χ4v) is 1.95. The number of nitrogens with one attached hydrogen (secondary N) is 1. The van der Waals surface area contributed by atoms with Crippen LogP contribution in [0.2, 0.25) is 5.02 Å². The summed E-state index contributed by atoms with van der Waals surface area (Å²) < 4.78 is 13.5. The minimum absolute atomic E-state index is 0.0803. The van der Waals surface area contributed by atoms with Gasteiger partial charge < -0.3 is 5.32 Å². The molecule has 0 saturated carbocycles. The molecule has 0 heterocycles. The predicted molar refractivity (Wildman–Crippen MR) is 76.6 cm³/mol. The molecule has 0 aromatic heterocycles. The van der Waals surface area contributed by atoms with Crippen LogP contribution in [-0.4, -0.2) is 4.92 Å². The highest BCUT2D eigenvalue weighted by Gasteiger charge is 2.16. The zero-order chi connectivity index (χ0) is 14.7. The number of nitrogens with zero attached hydrogens (tertiary/aromatic N) is 1. The lowest BCUT2D eigenvalue weighted by Crippen LogP contribution is -2.04. The number of halogens is 2. The number of anilines is 1. The second-order valence-electron chi connectivity index (χ2n) is 4.32. The molecule has 0 atom stereocenters. The van der Waals surface area contributed by atoms with Crippen LogP contribution in [0.3, 0.4) is 0 Å². The van der Waals surface area contributed by atoms with Crippen molar-refractivity contribution in [1.29, 1.82) is 0 Å². The van der Waals surface area contributed by atoms with Gasteiger partial charge in [-0.05, 0) is 24.6 Å². The predicted octanol–water partition coefficient (Wildman–Crippen LogP) is 4.31. The SMILES string of the molecule is Cc1cc([N+](=O)[O-])c(NCc2ccccc2F)cc1Cl. The first-order valence-corrected chi connectivity index (χ1v) is 6.28. The monoisotopic (exact) mass is 294 g/mol. The number of benzene rings is 2. The van der Waals surface area contributed by atoms with E-state index in [-0.39, 0.29) is 23.7 Å². The summed E-state index contributed by atoms with van der Waals surface area (Å²) in [4.78, 5) is 10.5. The van der Waals surface area contributed by atoms with Gasteiger partial charge in [0.15, 0.2) is 0 Å². The molecule has 0 spiro atoms. The van der Waals surface area contributed by atoms with Gasteiger partial charge >= 0.3 is 0 Å². The van der Waals surface area contributed by atoms with Gasteiger partial charge in [-0.3, -0.25) is 10.1 Å². The minimum Gasteiger partial charge on any atom is -0.375 e. The summed E-state index contributed by atoms with van der Waals surface area (Å²) in [6.07, 6.45) is 0. The molecule has 0 saturated heterocycles. The van der Waals surface area contributed by atoms with Crippen LogP contribution in [0.4, 0.5) is 15.8 Å². The van der Waals surface area contributed by atoms with Crippen LogP contribution in [0.25, 0.3) is 0 Å². The van der Waals surface area contributed by atoms with Gasteiger partial charge in [-0.2, -0.15) is 0 Å². The average Bonchev–Trinajstić information content (AvgIpc) is 2.41. The van der Waals surface area contributed by atoms with Crippen LogP contribution in [0, 0.1) is 22.9 Å². The first-order chi connectivity index (χ1) is 9.49. The minimum atomic E-state index is -0.493. The zero-order valence-electron chi connectivity index (χ0n) is 10.7. The molecule has 0 unspecified atom stereocenters. The zero-order valence-corrected chi connectivity index (χ0v) is 11.4. The summed E-state index contributed by atoms with van der Waals surface area (Å²) in [5.74, 6) is -0.360. The van der Waals surface area contributed by atoms with Gasteiger partial charge in [-0.1, -0.05) is 29.8 Å². The molecular formula is C14H12ClFN2O2. The van der Waals surface area contributed by atoms with Crippen molar-refractivity contribution in [2.75, 3.05) is 5.32 Å². The first-order valence-electron chi connectivity index (χ1n) is 5.91. The summed E-state index contributed by atoms with van der Waals surface area (Å²) in [5, 5.41) is 14.3. The highest BCUT2D eigenvalue weighted by Crippen LogP contribution is 2.31. The van der Waals surface area contributed by atoms with E-state index < -0.39 is 4.92 Å². The van der Waals surface area contributed by atoms with Crippen LogP contribution in [0.15, 0.2) is 36.4 Å². The quantitative estimate of drug-likeness (QED) is 0.675. The van der Waals surface area contributed by atoms with Gasteiger partial charge in [0, 0.05) is 23.2 Å². The molecule has 2 rings (SSSR count). The molecule has 0 aliphatic carbocycles. The summed E-state index contributed by atoms with van der Waals surface area (Å²) in [5.41, 5.74) is 1.24. The molecule has 104 valence electrons. The van der Waals surface area contributed by atoms with Crippen molar-refractivity contribution in [3.05, 3.63) is 68.5 Å². The smallest absolute Gasteiger partial charge is 0.292 e. The fraction of sp³-hybridized carbons (Fsp3) is 0.143. The second-order valence-corrected chi connectivity index (χ2v) is 4.73. The Morgan fingerprint density at radius 3 is 2.70 bits per heavy atom. The Balaban J connectivity index is 2.27. The molecule has 1 N–H and O–H groups in total. The van der Waals surface area contributed by atoms with Crippen molar-refractivity contribution in [3.8, 4) is 0 Å². The summed E-state index contributed by atoms with van der Waals surface area (Å²) in [7, 11) is 0. The molecule has 0 amide bonds. The first kappa shape index (κ1) is 14.3. The topological polar surface area (TPSA) is 55.2 Å². The molecule has 2 aromatic rings. The molecule has 0 radical (unpaired) electrons. The van der Waals surface area contributed by atoms with Gasteiger partial charge in [0.1, 0.15) is 11.5 Å². The van der Waals surface area contributed by atoms with Gasteiger partial charge in [0.05, 0.1) is 4.92 Å². The van der Waals surface area contributed by atoms with Gasteiger partial charge in [-0.15, -0.1) is 0 Å². The Morgan fingerprint density at radius 1 is 1.35 bits per heavy atom. The summed E-state index contributed by atoms with van der Waals surface area (Å²) in [6, 6.07) is 9.13. The maximum atomic E-state index is 13.5. The molecule has 0 aliphatic heterocycles. The molecular weight excluding hydrogens is 283 g/mol. The molecule has 6 heteroatoms. The van der Waals surface area contributed by atoms with E-state index in [1.807, 2.05) is 0 Å². The normalized spacial score (nSPS) is 10.3. The maximum absolute atomic E-state index is 13.5. The number of nitro benzene ring substituents is 1. The number of nitro groups is 1. The molecule has 4 nitrogen and oxygen atoms in total. The van der Waals surface area contributed by atoms with Crippen LogP contribution in [-0.2, 0) is 6.54 Å². The third-order valence-corrected chi connectivity index (χ3v) is 3.31. The highest BCUT2D eigenvalue weighted by molar-refractivity contribution is 6.31. The standard InChI is InChI=1S/C14H12ClFN2O2/c1-9-6-14(18(19)20)13(7-11(9)15)17-8-10-4-2-3-5-12(10)16/h2-7,17H,8H2,1H3. The summed E-state index contributed by atoms with van der Waals surface area (Å²) >= 11 is 5.97. The van der Waals surface area contributed by atoms with Crippen LogP contribution in [0.5, 0.6) is 0 Å². The van der Waals surface area contributed by atoms with E-state index in [9.17, 15) is 14.5 Å². The number of rotatable bonds is 4. The van der Waals surface area contributed by atoms with E-state index in [2.05, 4.69) is 5.32 Å². The van der Waals surface area contributed by atoms with Crippen molar-refractivity contribution in [3.63, 3.8) is 0 Å². The van der Waals surface area contributed by atoms with Crippen molar-refractivity contribution in [1.82, 2.24) is 0 Å². The van der Waals surface area contributed by atoms with Crippen LogP contribution in [0.1, 0.15) is 11.1 Å². The Hall–Kier alpha value is -2.14. The third-order valence-electron chi connectivity index (χ3n) is 2.90. The molecule has 0 bridgehead atoms. The van der Waals surface area contributed by atoms with E-state index in [0.29, 0.717) is 16.1 Å². The lowest BCUT2D eigenvalue weighted by Gasteiger charge is -2.09. The summed E-state index contributed by atoms with van der Waals surface area (Å²) in [6.45, 7) is 1.84. The molecule has 0 fully saturated rings.